The third kappa shape index (κ3) is 4.87. The molecule has 1 aliphatic rings. The largest absolute Gasteiger partial charge is 0.492 e. The molecular weight excluding hydrogens is 340 g/mol. The number of carbonyl (C=O) groups is 1. The predicted molar refractivity (Wildman–Crippen MR) is 107 cm³/mol. The van der Waals surface area contributed by atoms with Crippen LogP contribution in [0.2, 0.25) is 0 Å². The Hall–Kier alpha value is -2.37. The number of para-hydroxylation sites is 2. The summed E-state index contributed by atoms with van der Waals surface area (Å²) in [4.78, 5) is 15.5. The molecule has 0 aromatic heterocycles. The van der Waals surface area contributed by atoms with E-state index in [0.717, 1.165) is 31.5 Å². The predicted octanol–water partition coefficient (Wildman–Crippen LogP) is 3.88. The van der Waals surface area contributed by atoms with Gasteiger partial charge < -0.3 is 14.8 Å². The maximum absolute atomic E-state index is 13.3. The fourth-order valence-electron chi connectivity index (χ4n) is 3.59. The number of ether oxygens (including phenoxy) is 2. The van der Waals surface area contributed by atoms with Gasteiger partial charge in [-0.1, -0.05) is 42.5 Å². The van der Waals surface area contributed by atoms with Gasteiger partial charge in [-0.25, -0.2) is 0 Å². The van der Waals surface area contributed by atoms with Crippen LogP contribution in [0.15, 0.2) is 54.6 Å². The quantitative estimate of drug-likeness (QED) is 0.806. The van der Waals surface area contributed by atoms with Crippen molar-refractivity contribution in [2.24, 2.45) is 0 Å². The molecule has 5 nitrogen and oxygen atoms in total. The molecule has 1 amide bonds. The van der Waals surface area contributed by atoms with Gasteiger partial charge in [-0.15, -0.1) is 0 Å². The summed E-state index contributed by atoms with van der Waals surface area (Å²) < 4.78 is 11.1. The van der Waals surface area contributed by atoms with Crippen molar-refractivity contribution in [3.8, 4) is 5.75 Å². The number of nitrogens with zero attached hydrogens (tertiary/aromatic N) is 1. The molecule has 1 unspecified atom stereocenters. The monoisotopic (exact) mass is 368 g/mol. The Morgan fingerprint density at radius 3 is 2.44 bits per heavy atom. The first-order chi connectivity index (χ1) is 13.2. The molecule has 27 heavy (non-hydrogen) atoms. The average molecular weight is 368 g/mol. The van der Waals surface area contributed by atoms with Gasteiger partial charge in [0.25, 0.3) is 0 Å². The van der Waals surface area contributed by atoms with E-state index in [-0.39, 0.29) is 18.1 Å². The van der Waals surface area contributed by atoms with Gasteiger partial charge in [-0.2, -0.15) is 0 Å². The van der Waals surface area contributed by atoms with E-state index in [1.165, 1.54) is 0 Å². The third-order valence-corrected chi connectivity index (χ3v) is 4.98. The van der Waals surface area contributed by atoms with Crippen LogP contribution in [0.4, 0.5) is 5.69 Å². The molecule has 1 N–H and O–H groups in total. The number of carbonyl (C=O) groups excluding carboxylic acids is 1. The summed E-state index contributed by atoms with van der Waals surface area (Å²) in [6.07, 6.45) is 2.14. The van der Waals surface area contributed by atoms with Crippen molar-refractivity contribution in [1.29, 1.82) is 0 Å². The van der Waals surface area contributed by atoms with Crippen LogP contribution in [0, 0.1) is 0 Å². The highest BCUT2D eigenvalue weighted by atomic mass is 16.5. The van der Waals surface area contributed by atoms with Crippen LogP contribution in [0.1, 0.15) is 31.4 Å². The van der Waals surface area contributed by atoms with Crippen molar-refractivity contribution in [2.45, 2.75) is 31.9 Å². The van der Waals surface area contributed by atoms with Gasteiger partial charge in [0.1, 0.15) is 11.8 Å². The van der Waals surface area contributed by atoms with E-state index in [4.69, 9.17) is 9.47 Å². The molecule has 5 heteroatoms. The van der Waals surface area contributed by atoms with E-state index in [1.807, 2.05) is 61.5 Å². The highest BCUT2D eigenvalue weighted by Crippen LogP contribution is 2.29. The smallest absolute Gasteiger partial charge is 0.246 e. The van der Waals surface area contributed by atoms with Crippen molar-refractivity contribution >= 4 is 11.6 Å². The molecule has 144 valence electrons. The van der Waals surface area contributed by atoms with Crippen LogP contribution in [0.25, 0.3) is 0 Å². The minimum atomic E-state index is -0.335. The van der Waals surface area contributed by atoms with Crippen LogP contribution in [-0.2, 0) is 9.53 Å². The van der Waals surface area contributed by atoms with E-state index in [9.17, 15) is 4.79 Å². The molecule has 0 aliphatic carbocycles. The normalized spacial score (nSPS) is 16.7. The fourth-order valence-corrected chi connectivity index (χ4v) is 3.59. The first-order valence-electron chi connectivity index (χ1n) is 9.57. The zero-order valence-electron chi connectivity index (χ0n) is 16.1. The molecule has 1 aliphatic heterocycles. The molecule has 0 saturated carbocycles. The molecule has 1 atom stereocenters. The third-order valence-electron chi connectivity index (χ3n) is 4.98. The fraction of sp³-hybridized carbons (Fsp3) is 0.409. The van der Waals surface area contributed by atoms with E-state index in [1.54, 1.807) is 7.11 Å². The van der Waals surface area contributed by atoms with E-state index in [0.29, 0.717) is 18.0 Å². The summed E-state index contributed by atoms with van der Waals surface area (Å²) in [5.41, 5.74) is 1.71. The van der Waals surface area contributed by atoms with E-state index < -0.39 is 0 Å². The number of methoxy groups -OCH3 is 1. The van der Waals surface area contributed by atoms with Gasteiger partial charge >= 0.3 is 0 Å². The van der Waals surface area contributed by atoms with Gasteiger partial charge in [-0.3, -0.25) is 9.69 Å². The Morgan fingerprint density at radius 1 is 1.11 bits per heavy atom. The van der Waals surface area contributed by atoms with Crippen LogP contribution >= 0.6 is 0 Å². The summed E-state index contributed by atoms with van der Waals surface area (Å²) in [5, 5.41) is 3.08. The van der Waals surface area contributed by atoms with Crippen molar-refractivity contribution in [3.05, 3.63) is 60.2 Å². The number of hydrogen-bond donors (Lipinski definition) is 1. The summed E-state index contributed by atoms with van der Waals surface area (Å²) in [6, 6.07) is 17.2. The number of amides is 1. The molecule has 1 saturated heterocycles. The van der Waals surface area contributed by atoms with Crippen molar-refractivity contribution < 1.29 is 14.3 Å². The molecule has 1 fully saturated rings. The van der Waals surface area contributed by atoms with E-state index >= 15 is 0 Å². The molecule has 2 aromatic rings. The summed E-state index contributed by atoms with van der Waals surface area (Å²) >= 11 is 0. The van der Waals surface area contributed by atoms with Crippen molar-refractivity contribution in [1.82, 2.24) is 4.90 Å². The lowest BCUT2D eigenvalue weighted by Gasteiger charge is -2.36. The minimum absolute atomic E-state index is 0.0378. The summed E-state index contributed by atoms with van der Waals surface area (Å²) in [5.74, 6) is 0.655. The number of piperidine rings is 1. The van der Waals surface area contributed by atoms with Crippen LogP contribution < -0.4 is 10.1 Å². The number of benzene rings is 2. The second-order valence-corrected chi connectivity index (χ2v) is 6.70. The highest BCUT2D eigenvalue weighted by Gasteiger charge is 2.31. The molecule has 0 radical (unpaired) electrons. The molecular formula is C22H28N2O3. The number of anilines is 1. The lowest BCUT2D eigenvalue weighted by atomic mass is 9.99. The summed E-state index contributed by atoms with van der Waals surface area (Å²) in [7, 11) is 1.76. The van der Waals surface area contributed by atoms with Gasteiger partial charge in [-0.05, 0) is 37.5 Å². The topological polar surface area (TPSA) is 50.8 Å². The first-order valence-corrected chi connectivity index (χ1v) is 9.57. The summed E-state index contributed by atoms with van der Waals surface area (Å²) in [6.45, 7) is 4.15. The Balaban J connectivity index is 1.82. The van der Waals surface area contributed by atoms with Gasteiger partial charge in [0.05, 0.1) is 18.4 Å². The maximum Gasteiger partial charge on any atom is 0.246 e. The van der Waals surface area contributed by atoms with Crippen molar-refractivity contribution in [3.63, 3.8) is 0 Å². The van der Waals surface area contributed by atoms with Gasteiger partial charge in [0, 0.05) is 20.2 Å². The molecule has 2 aromatic carbocycles. The second kappa shape index (κ2) is 9.53. The Morgan fingerprint density at radius 2 is 1.78 bits per heavy atom. The number of rotatable bonds is 7. The molecule has 0 bridgehead atoms. The van der Waals surface area contributed by atoms with Gasteiger partial charge in [0.15, 0.2) is 0 Å². The molecule has 1 heterocycles. The highest BCUT2D eigenvalue weighted by molar-refractivity contribution is 5.96. The van der Waals surface area contributed by atoms with Crippen LogP contribution in [-0.4, -0.2) is 43.7 Å². The van der Waals surface area contributed by atoms with Crippen molar-refractivity contribution in [2.75, 3.05) is 32.1 Å². The van der Waals surface area contributed by atoms with E-state index in [2.05, 4.69) is 10.2 Å². The second-order valence-electron chi connectivity index (χ2n) is 6.70. The lowest BCUT2D eigenvalue weighted by molar-refractivity contribution is -0.122. The van der Waals surface area contributed by atoms with Crippen LogP contribution in [0.5, 0.6) is 5.75 Å². The lowest BCUT2D eigenvalue weighted by Crippen LogP contribution is -2.43. The Kier molecular flexibility index (Phi) is 6.85. The van der Waals surface area contributed by atoms with Gasteiger partial charge in [0.2, 0.25) is 5.91 Å². The number of likely N-dealkylation sites (tertiary alicyclic amines) is 1. The average Bonchev–Trinajstić information content (AvgIpc) is 2.71. The maximum atomic E-state index is 13.3. The number of nitrogens with one attached hydrogen (secondary N) is 1. The molecule has 3 rings (SSSR count). The standard InChI is InChI=1S/C22H28N2O3/c1-3-27-20-12-8-7-11-19(20)23-22(25)21(17-9-5-4-6-10-17)24-15-13-18(26-2)14-16-24/h4-12,18,21H,3,13-16H2,1-2H3,(H,23,25). The zero-order valence-corrected chi connectivity index (χ0v) is 16.1. The minimum Gasteiger partial charge on any atom is -0.492 e. The number of hydrogen-bond acceptors (Lipinski definition) is 4. The SMILES string of the molecule is CCOc1ccccc1NC(=O)C(c1ccccc1)N1CCC(OC)CC1. The zero-order chi connectivity index (χ0) is 19.1. The van der Waals surface area contributed by atoms with Crippen LogP contribution in [0.3, 0.4) is 0 Å². The molecule has 0 spiro atoms. The Labute approximate surface area is 161 Å². The Bertz CT molecular complexity index is 727. The first kappa shape index (κ1) is 19.4.